The van der Waals surface area contributed by atoms with E-state index in [1.807, 2.05) is 72.8 Å². The van der Waals surface area contributed by atoms with Crippen molar-refractivity contribution in [2.75, 3.05) is 19.8 Å². The number of aliphatic hydroxyl groups excluding tert-OH is 1. The highest BCUT2D eigenvalue weighted by Gasteiger charge is 2.54. The van der Waals surface area contributed by atoms with Crippen molar-refractivity contribution in [3.63, 3.8) is 0 Å². The molecule has 212 valence electrons. The molecule has 5 rings (SSSR count). The molecule has 9 nitrogen and oxygen atoms in total. The van der Waals surface area contributed by atoms with Gasteiger partial charge in [0.15, 0.2) is 11.6 Å². The van der Waals surface area contributed by atoms with E-state index in [1.54, 1.807) is 0 Å². The van der Waals surface area contributed by atoms with Crippen LogP contribution in [-0.4, -0.2) is 42.2 Å². The first-order valence-corrected chi connectivity index (χ1v) is 14.5. The lowest BCUT2D eigenvalue weighted by molar-refractivity contribution is -0.129. The molecule has 0 bridgehead atoms. The highest BCUT2D eigenvalue weighted by atomic mass is 79.9. The average Bonchev–Trinajstić information content (AvgIpc) is 3.75. The maximum atomic E-state index is 14.2. The number of rotatable bonds is 13. The Kier molecular flexibility index (Phi) is 9.24. The molecular formula is C31H32BrN5O4. The Balaban J connectivity index is 1.58. The maximum absolute atomic E-state index is 14.2. The minimum absolute atomic E-state index is 0.0640. The van der Waals surface area contributed by atoms with E-state index in [0.29, 0.717) is 49.1 Å². The molecular weight excluding hydrogens is 586 g/mol. The molecule has 1 fully saturated rings. The number of carbonyl (C=O) groups is 1. The highest BCUT2D eigenvalue weighted by molar-refractivity contribution is 9.10. The maximum Gasteiger partial charge on any atom is 0.252 e. The van der Waals surface area contributed by atoms with Crippen LogP contribution >= 0.6 is 15.9 Å². The Labute approximate surface area is 247 Å². The number of aliphatic hydroxyl groups is 1. The third-order valence-electron chi connectivity index (χ3n) is 7.31. The second-order valence-corrected chi connectivity index (χ2v) is 11.2. The molecule has 0 unspecified atom stereocenters. The summed E-state index contributed by atoms with van der Waals surface area (Å²) in [7, 11) is 0. The molecule has 41 heavy (non-hydrogen) atoms. The predicted molar refractivity (Wildman–Crippen MR) is 160 cm³/mol. The summed E-state index contributed by atoms with van der Waals surface area (Å²) >= 11 is 3.50. The topological polar surface area (TPSA) is 129 Å². The molecule has 2 aliphatic rings. The summed E-state index contributed by atoms with van der Waals surface area (Å²) in [5.41, 5.74) is 10.9. The minimum atomic E-state index is -1.30. The van der Waals surface area contributed by atoms with Crippen LogP contribution in [0.15, 0.2) is 87.4 Å². The number of nitrogens with zero attached hydrogens (tertiary/aromatic N) is 4. The van der Waals surface area contributed by atoms with Crippen LogP contribution in [-0.2, 0) is 22.5 Å². The Morgan fingerprint density at radius 2 is 1.90 bits per heavy atom. The summed E-state index contributed by atoms with van der Waals surface area (Å²) in [6, 6.07) is 22.8. The van der Waals surface area contributed by atoms with Gasteiger partial charge in [-0.3, -0.25) is 4.79 Å². The van der Waals surface area contributed by atoms with Crippen molar-refractivity contribution in [1.29, 1.82) is 0 Å². The van der Waals surface area contributed by atoms with Crippen LogP contribution in [0.5, 0.6) is 5.75 Å². The number of benzene rings is 3. The van der Waals surface area contributed by atoms with Gasteiger partial charge in [-0.05, 0) is 77.4 Å². The van der Waals surface area contributed by atoms with E-state index in [1.165, 1.54) is 0 Å². The number of amides is 1. The molecule has 3 aromatic rings. The number of halogens is 1. The largest absolute Gasteiger partial charge is 0.494 e. The van der Waals surface area contributed by atoms with Crippen molar-refractivity contribution < 1.29 is 19.4 Å². The summed E-state index contributed by atoms with van der Waals surface area (Å²) in [6.07, 6.45) is 2.31. The van der Waals surface area contributed by atoms with Crippen LogP contribution in [0.2, 0.25) is 0 Å². The Bertz CT molecular complexity index is 1440. The van der Waals surface area contributed by atoms with Gasteiger partial charge in [0.25, 0.3) is 5.91 Å². The minimum Gasteiger partial charge on any atom is -0.494 e. The first-order chi connectivity index (χ1) is 20.0. The van der Waals surface area contributed by atoms with Gasteiger partial charge in [0.2, 0.25) is 5.90 Å². The number of ether oxygens (including phenoxy) is 2. The zero-order valence-electron chi connectivity index (χ0n) is 22.6. The fraction of sp³-hybridized carbons (Fsp3) is 0.355. The fourth-order valence-corrected chi connectivity index (χ4v) is 5.19. The van der Waals surface area contributed by atoms with Gasteiger partial charge in [-0.25, -0.2) is 4.99 Å². The molecule has 0 aromatic heterocycles. The lowest BCUT2D eigenvalue weighted by Gasteiger charge is -2.32. The van der Waals surface area contributed by atoms with Crippen LogP contribution in [0.4, 0.5) is 0 Å². The number of aliphatic imine (C=N–C) groups is 1. The Morgan fingerprint density at radius 3 is 2.61 bits per heavy atom. The molecule has 1 heterocycles. The van der Waals surface area contributed by atoms with Crippen molar-refractivity contribution >= 4 is 27.7 Å². The van der Waals surface area contributed by atoms with Crippen molar-refractivity contribution in [2.24, 2.45) is 16.0 Å². The molecule has 0 radical (unpaired) electrons. The summed E-state index contributed by atoms with van der Waals surface area (Å²) in [6.45, 7) is 1.20. The SMILES string of the molecule is [N-]=[N+]=NCc1ccccc1[C@H]1OC(c2ccc(OCCCO)cc2)=N[C@@]1(Cc1ccc(Br)cc1)C(=O)NCC1CC1. The van der Waals surface area contributed by atoms with E-state index in [-0.39, 0.29) is 19.1 Å². The normalized spacial score (nSPS) is 19.6. The highest BCUT2D eigenvalue weighted by Crippen LogP contribution is 2.44. The van der Waals surface area contributed by atoms with E-state index >= 15 is 0 Å². The zero-order chi connectivity index (χ0) is 28.7. The van der Waals surface area contributed by atoms with E-state index in [4.69, 9.17) is 25.1 Å². The second-order valence-electron chi connectivity index (χ2n) is 10.3. The first kappa shape index (κ1) is 28.7. The van der Waals surface area contributed by atoms with Gasteiger partial charge in [0, 0.05) is 40.9 Å². The van der Waals surface area contributed by atoms with Crippen LogP contribution in [0.3, 0.4) is 0 Å². The molecule has 1 saturated carbocycles. The molecule has 2 atom stereocenters. The van der Waals surface area contributed by atoms with Crippen LogP contribution in [0, 0.1) is 5.92 Å². The summed E-state index contributed by atoms with van der Waals surface area (Å²) in [5, 5.41) is 16.0. The van der Waals surface area contributed by atoms with E-state index in [0.717, 1.165) is 34.0 Å². The smallest absolute Gasteiger partial charge is 0.252 e. The molecule has 1 aliphatic carbocycles. The molecule has 10 heteroatoms. The van der Waals surface area contributed by atoms with Crippen LogP contribution in [0.25, 0.3) is 10.4 Å². The number of hydrogen-bond donors (Lipinski definition) is 2. The Hall–Kier alpha value is -3.85. The van der Waals surface area contributed by atoms with Gasteiger partial charge in [0.05, 0.1) is 13.2 Å². The average molecular weight is 619 g/mol. The Morgan fingerprint density at radius 1 is 1.15 bits per heavy atom. The summed E-state index contributed by atoms with van der Waals surface area (Å²) in [4.78, 5) is 22.3. The van der Waals surface area contributed by atoms with E-state index in [2.05, 4.69) is 31.3 Å². The third kappa shape index (κ3) is 6.90. The van der Waals surface area contributed by atoms with Crippen molar-refractivity contribution in [2.45, 2.75) is 43.9 Å². The van der Waals surface area contributed by atoms with E-state index < -0.39 is 11.6 Å². The lowest BCUT2D eigenvalue weighted by Crippen LogP contribution is -2.50. The van der Waals surface area contributed by atoms with Gasteiger partial charge >= 0.3 is 0 Å². The molecule has 3 aromatic carbocycles. The number of hydrogen-bond acceptors (Lipinski definition) is 6. The zero-order valence-corrected chi connectivity index (χ0v) is 24.2. The number of nitrogens with one attached hydrogen (secondary N) is 1. The summed E-state index contributed by atoms with van der Waals surface area (Å²) in [5.74, 6) is 1.31. The third-order valence-corrected chi connectivity index (χ3v) is 7.84. The fourth-order valence-electron chi connectivity index (χ4n) is 4.93. The number of azide groups is 1. The summed E-state index contributed by atoms with van der Waals surface area (Å²) < 4.78 is 13.2. The van der Waals surface area contributed by atoms with Crippen molar-refractivity contribution in [3.05, 3.63) is 110 Å². The van der Waals surface area contributed by atoms with Gasteiger partial charge in [-0.15, -0.1) is 0 Å². The quantitative estimate of drug-likeness (QED) is 0.105. The van der Waals surface area contributed by atoms with Gasteiger partial charge in [0.1, 0.15) is 5.75 Å². The van der Waals surface area contributed by atoms with Gasteiger partial charge in [-0.2, -0.15) is 0 Å². The van der Waals surface area contributed by atoms with Crippen LogP contribution in [0.1, 0.15) is 47.6 Å². The molecule has 0 spiro atoms. The molecule has 0 saturated heterocycles. The van der Waals surface area contributed by atoms with Gasteiger partial charge < -0.3 is 19.9 Å². The molecule has 2 N–H and O–H groups in total. The number of carbonyl (C=O) groups excluding carboxylic acids is 1. The van der Waals surface area contributed by atoms with E-state index in [9.17, 15) is 4.79 Å². The monoisotopic (exact) mass is 617 g/mol. The first-order valence-electron chi connectivity index (χ1n) is 13.7. The lowest BCUT2D eigenvalue weighted by atomic mass is 9.80. The second kappa shape index (κ2) is 13.2. The standard InChI is InChI=1S/C31H32BrN5O4/c32-25-12-8-21(9-13-25)18-31(30(39)34-19-22-6-7-22)28(27-5-2-1-4-24(27)20-35-37-33)41-29(36-31)23-10-14-26(15-11-23)40-17-3-16-38/h1-2,4-5,8-15,22,28,38H,3,6-7,16-20H2,(H,34,39)/t28-,31-/m1/s1. The van der Waals surface area contributed by atoms with Crippen molar-refractivity contribution in [1.82, 2.24) is 5.32 Å². The van der Waals surface area contributed by atoms with Gasteiger partial charge in [-0.1, -0.05) is 57.4 Å². The molecule has 1 amide bonds. The van der Waals surface area contributed by atoms with Crippen molar-refractivity contribution in [3.8, 4) is 5.75 Å². The van der Waals surface area contributed by atoms with Crippen LogP contribution < -0.4 is 10.1 Å². The molecule has 1 aliphatic heterocycles. The predicted octanol–water partition coefficient (Wildman–Crippen LogP) is 6.05.